The van der Waals surface area contributed by atoms with Crippen LogP contribution in [0, 0.1) is 0 Å². The fraction of sp³-hybridized carbons (Fsp3) is 0.578. The van der Waals surface area contributed by atoms with E-state index in [0.717, 1.165) is 77.0 Å². The third kappa shape index (κ3) is 33.8. The van der Waals surface area contributed by atoms with Crippen LogP contribution in [0.2, 0.25) is 0 Å². The molecule has 0 aliphatic heterocycles. The molecule has 2 atom stereocenters. The third-order valence-corrected chi connectivity index (χ3v) is 8.07. The fourth-order valence-corrected chi connectivity index (χ4v) is 5.03. The average Bonchev–Trinajstić information content (AvgIpc) is 3.11. The molecule has 0 radical (unpaired) electrons. The van der Waals surface area contributed by atoms with Crippen LogP contribution in [0.1, 0.15) is 117 Å². The number of quaternary nitrogens is 1. The van der Waals surface area contributed by atoms with Crippen molar-refractivity contribution in [2.45, 2.75) is 129 Å². The number of carboxylic acid groups (broad SMARTS) is 1. The molecule has 0 bridgehead atoms. The Bertz CT molecular complexity index is 1180. The Morgan fingerprint density at radius 3 is 1.66 bits per heavy atom. The minimum Gasteiger partial charge on any atom is -0.477 e. The number of carboxylic acids is 1. The highest BCUT2D eigenvalue weighted by Crippen LogP contribution is 2.11. The quantitative estimate of drug-likeness (QED) is 0.0235. The van der Waals surface area contributed by atoms with Crippen molar-refractivity contribution in [1.82, 2.24) is 0 Å². The number of hydrogen-bond acceptors (Lipinski definition) is 6. The number of rotatable bonds is 33. The first kappa shape index (κ1) is 49.2. The summed E-state index contributed by atoms with van der Waals surface area (Å²) >= 11 is 0. The van der Waals surface area contributed by atoms with Gasteiger partial charge < -0.3 is 23.8 Å². The van der Waals surface area contributed by atoms with E-state index in [0.29, 0.717) is 19.3 Å². The number of carbonyl (C=O) groups is 3. The highest BCUT2D eigenvalue weighted by atomic mass is 16.6. The van der Waals surface area contributed by atoms with E-state index in [9.17, 15) is 19.5 Å². The van der Waals surface area contributed by atoms with E-state index >= 15 is 0 Å². The number of nitrogens with zero attached hydrogens (tertiary/aromatic N) is 1. The Morgan fingerprint density at radius 1 is 0.585 bits per heavy atom. The van der Waals surface area contributed by atoms with Crippen molar-refractivity contribution < 1.29 is 38.2 Å². The molecule has 0 spiro atoms. The summed E-state index contributed by atoms with van der Waals surface area (Å²) in [6, 6.07) is -0.632. The van der Waals surface area contributed by atoms with Gasteiger partial charge in [-0.05, 0) is 70.6 Å². The molecule has 0 aliphatic carbocycles. The van der Waals surface area contributed by atoms with Crippen LogP contribution in [0.5, 0.6) is 0 Å². The number of hydrogen-bond donors (Lipinski definition) is 1. The number of likely N-dealkylation sites (N-methyl/N-ethyl adjacent to an activating group) is 1. The van der Waals surface area contributed by atoms with Gasteiger partial charge in [0, 0.05) is 19.3 Å². The van der Waals surface area contributed by atoms with E-state index in [1.807, 2.05) is 57.6 Å². The lowest BCUT2D eigenvalue weighted by atomic mass is 10.1. The Kier molecular flexibility index (Phi) is 32.8. The summed E-state index contributed by atoms with van der Waals surface area (Å²) in [5.41, 5.74) is 0. The normalized spacial score (nSPS) is 14.1. The summed E-state index contributed by atoms with van der Waals surface area (Å²) in [5.74, 6) is -1.58. The molecule has 0 rings (SSSR count). The SMILES string of the molecule is CC/C=C/C=C/C=C/C=C/CCCCCC(=O)OCC(COCCC(C(=O)O)[N+](C)(C)C)OC(=O)CCCCC/C=C/C/C=C/C/C=C/C/C=C/CC. The van der Waals surface area contributed by atoms with Crippen LogP contribution in [-0.2, 0) is 28.6 Å². The van der Waals surface area contributed by atoms with Gasteiger partial charge in [0.25, 0.3) is 0 Å². The lowest BCUT2D eigenvalue weighted by molar-refractivity contribution is -0.887. The molecule has 0 aromatic heterocycles. The summed E-state index contributed by atoms with van der Waals surface area (Å²) in [7, 11) is 5.48. The van der Waals surface area contributed by atoms with Crippen LogP contribution in [0.25, 0.3) is 0 Å². The number of carbonyl (C=O) groups excluding carboxylic acids is 2. The van der Waals surface area contributed by atoms with Crippen LogP contribution >= 0.6 is 0 Å². The van der Waals surface area contributed by atoms with Crippen molar-refractivity contribution >= 4 is 17.9 Å². The maximum Gasteiger partial charge on any atom is 0.362 e. The highest BCUT2D eigenvalue weighted by molar-refractivity contribution is 5.72. The molecule has 0 saturated carbocycles. The fourth-order valence-electron chi connectivity index (χ4n) is 5.03. The molecule has 8 heteroatoms. The number of unbranched alkanes of at least 4 members (excludes halogenated alkanes) is 6. The second-order valence-electron chi connectivity index (χ2n) is 13.9. The Balaban J connectivity index is 4.56. The van der Waals surface area contributed by atoms with Gasteiger partial charge in [0.2, 0.25) is 0 Å². The maximum atomic E-state index is 12.7. The molecule has 0 heterocycles. The highest BCUT2D eigenvalue weighted by Gasteiger charge is 2.31. The van der Waals surface area contributed by atoms with Gasteiger partial charge in [0.15, 0.2) is 12.1 Å². The van der Waals surface area contributed by atoms with Crippen LogP contribution in [0.3, 0.4) is 0 Å². The van der Waals surface area contributed by atoms with E-state index in [1.54, 1.807) is 0 Å². The first-order chi connectivity index (χ1) is 25.6. The molecule has 0 aromatic rings. The van der Waals surface area contributed by atoms with Crippen molar-refractivity contribution in [1.29, 1.82) is 0 Å². The molecule has 53 heavy (non-hydrogen) atoms. The molecule has 0 fully saturated rings. The summed E-state index contributed by atoms with van der Waals surface area (Å²) < 4.78 is 17.1. The monoisotopic (exact) mass is 739 g/mol. The number of allylic oxidation sites excluding steroid dienone is 16. The van der Waals surface area contributed by atoms with Crippen molar-refractivity contribution in [3.05, 3.63) is 97.2 Å². The summed E-state index contributed by atoms with van der Waals surface area (Å²) in [6.45, 7) is 4.36. The topological polar surface area (TPSA) is 99.1 Å². The van der Waals surface area contributed by atoms with Crippen LogP contribution in [0.15, 0.2) is 97.2 Å². The van der Waals surface area contributed by atoms with Crippen molar-refractivity contribution in [2.24, 2.45) is 0 Å². The molecular formula is C45H72NO7+. The van der Waals surface area contributed by atoms with Gasteiger partial charge in [-0.15, -0.1) is 0 Å². The summed E-state index contributed by atoms with van der Waals surface area (Å²) in [6.07, 6.45) is 46.0. The van der Waals surface area contributed by atoms with E-state index < -0.39 is 18.1 Å². The van der Waals surface area contributed by atoms with Crippen molar-refractivity contribution in [3.63, 3.8) is 0 Å². The summed E-state index contributed by atoms with van der Waals surface area (Å²) in [4.78, 5) is 36.8. The predicted molar refractivity (Wildman–Crippen MR) is 219 cm³/mol. The number of aliphatic carboxylic acids is 1. The van der Waals surface area contributed by atoms with E-state index in [-0.39, 0.29) is 42.7 Å². The average molecular weight is 739 g/mol. The third-order valence-electron chi connectivity index (χ3n) is 8.07. The Hall–Kier alpha value is -3.75. The Morgan fingerprint density at radius 2 is 1.09 bits per heavy atom. The van der Waals surface area contributed by atoms with Gasteiger partial charge in [-0.1, -0.05) is 124 Å². The van der Waals surface area contributed by atoms with Gasteiger partial charge in [-0.3, -0.25) is 9.59 Å². The minimum absolute atomic E-state index is 0.0281. The molecule has 2 unspecified atom stereocenters. The maximum absolute atomic E-state index is 12.7. The molecule has 0 amide bonds. The minimum atomic E-state index is -0.892. The van der Waals surface area contributed by atoms with Gasteiger partial charge in [0.05, 0.1) is 34.4 Å². The molecule has 298 valence electrons. The standard InChI is InChI=1S/C45H71NO7/c1-6-8-10-12-14-16-18-20-21-22-24-26-28-30-32-34-36-44(48)53-41(39-51-38-37-42(45(49)50)46(3,4)5)40-52-43(47)35-33-31-29-27-25-23-19-17-15-13-11-9-7-2/h8-11,13-17,19-21,23-26,41-42H,6-7,12,18,22,27-40H2,1-5H3/p+1/b10-8+,11-9+,15-13+,16-14+,19-17+,21-20+,25-23+,26-24+. The zero-order valence-electron chi connectivity index (χ0n) is 33.7. The van der Waals surface area contributed by atoms with E-state index in [4.69, 9.17) is 14.2 Å². The molecule has 0 saturated heterocycles. The second kappa shape index (κ2) is 35.3. The molecule has 8 nitrogen and oxygen atoms in total. The van der Waals surface area contributed by atoms with Gasteiger partial charge in [0.1, 0.15) is 6.61 Å². The van der Waals surface area contributed by atoms with Gasteiger partial charge in [-0.2, -0.15) is 0 Å². The largest absolute Gasteiger partial charge is 0.477 e. The predicted octanol–water partition coefficient (Wildman–Crippen LogP) is 10.3. The zero-order chi connectivity index (χ0) is 39.3. The molecule has 1 N–H and O–H groups in total. The zero-order valence-corrected chi connectivity index (χ0v) is 33.7. The second-order valence-corrected chi connectivity index (χ2v) is 13.9. The first-order valence-electron chi connectivity index (χ1n) is 19.8. The smallest absolute Gasteiger partial charge is 0.362 e. The summed E-state index contributed by atoms with van der Waals surface area (Å²) in [5, 5.41) is 9.59. The van der Waals surface area contributed by atoms with Crippen molar-refractivity contribution in [2.75, 3.05) is 41.0 Å². The number of ether oxygens (including phenoxy) is 3. The number of esters is 2. The molecule has 0 aliphatic rings. The Labute approximate surface area is 322 Å². The van der Waals surface area contributed by atoms with Crippen LogP contribution < -0.4 is 0 Å². The van der Waals surface area contributed by atoms with Crippen LogP contribution in [0.4, 0.5) is 0 Å². The lowest BCUT2D eigenvalue weighted by Gasteiger charge is -2.31. The van der Waals surface area contributed by atoms with E-state index in [1.165, 1.54) is 0 Å². The van der Waals surface area contributed by atoms with Gasteiger partial charge in [-0.25, -0.2) is 4.79 Å². The first-order valence-corrected chi connectivity index (χ1v) is 19.8. The van der Waals surface area contributed by atoms with Crippen LogP contribution in [-0.4, -0.2) is 80.6 Å². The molecular weight excluding hydrogens is 666 g/mol. The van der Waals surface area contributed by atoms with Gasteiger partial charge >= 0.3 is 17.9 Å². The molecule has 0 aromatic carbocycles. The lowest BCUT2D eigenvalue weighted by Crippen LogP contribution is -2.50. The van der Waals surface area contributed by atoms with Crippen molar-refractivity contribution in [3.8, 4) is 0 Å². The van der Waals surface area contributed by atoms with E-state index in [2.05, 4.69) is 74.6 Å².